The lowest BCUT2D eigenvalue weighted by atomic mass is 10.0. The molecule has 0 saturated carbocycles. The number of hydrogen-bond donors (Lipinski definition) is 1. The van der Waals surface area contributed by atoms with Gasteiger partial charge in [0.15, 0.2) is 0 Å². The van der Waals surface area contributed by atoms with Crippen molar-refractivity contribution < 1.29 is 9.53 Å². The van der Waals surface area contributed by atoms with E-state index in [0.29, 0.717) is 6.54 Å². The Morgan fingerprint density at radius 1 is 1.36 bits per heavy atom. The Balaban J connectivity index is 0. The van der Waals surface area contributed by atoms with E-state index >= 15 is 0 Å². The molecule has 0 fully saturated rings. The second-order valence-electron chi connectivity index (χ2n) is 3.55. The van der Waals surface area contributed by atoms with Gasteiger partial charge in [0.25, 0.3) is 0 Å². The van der Waals surface area contributed by atoms with Crippen molar-refractivity contribution in [2.75, 3.05) is 6.54 Å². The number of esters is 1. The summed E-state index contributed by atoms with van der Waals surface area (Å²) in [6.45, 7) is 6.34. The fourth-order valence-electron chi connectivity index (χ4n) is 1.26. The van der Waals surface area contributed by atoms with Crippen LogP contribution in [-0.4, -0.2) is 18.6 Å². The summed E-state index contributed by atoms with van der Waals surface area (Å²) in [6, 6.07) is 0. The highest BCUT2D eigenvalue weighted by Gasteiger charge is 2.18. The zero-order chi connectivity index (χ0) is 10.3. The van der Waals surface area contributed by atoms with E-state index in [1.165, 1.54) is 0 Å². The molecule has 0 spiro atoms. The highest BCUT2D eigenvalue weighted by atomic mass is 35.5. The van der Waals surface area contributed by atoms with Crippen molar-refractivity contribution in [3.63, 3.8) is 0 Å². The van der Waals surface area contributed by atoms with E-state index in [4.69, 9.17) is 10.5 Å². The van der Waals surface area contributed by atoms with E-state index in [-0.39, 0.29) is 30.4 Å². The van der Waals surface area contributed by atoms with Gasteiger partial charge in [0.1, 0.15) is 0 Å². The first-order chi connectivity index (χ1) is 6.11. The third kappa shape index (κ3) is 7.15. The fraction of sp³-hybridized carbons (Fsp3) is 0.900. The largest absolute Gasteiger partial charge is 0.463 e. The van der Waals surface area contributed by atoms with Crippen molar-refractivity contribution in [2.24, 2.45) is 11.7 Å². The van der Waals surface area contributed by atoms with Crippen molar-refractivity contribution in [2.45, 2.75) is 46.1 Å². The molecule has 3 nitrogen and oxygen atoms in total. The zero-order valence-corrected chi connectivity index (χ0v) is 10.1. The maximum Gasteiger partial charge on any atom is 0.309 e. The van der Waals surface area contributed by atoms with Gasteiger partial charge in [-0.05, 0) is 33.2 Å². The lowest BCUT2D eigenvalue weighted by Crippen LogP contribution is -2.23. The standard InChI is InChI=1S/C10H21NO2.ClH/c1-4-5-9(6-7-11)10(12)13-8(2)3;/h8-9H,4-7,11H2,1-3H3;1H. The first-order valence-electron chi connectivity index (χ1n) is 5.02. The third-order valence-electron chi connectivity index (χ3n) is 1.84. The Labute approximate surface area is 92.8 Å². The number of nitrogens with two attached hydrogens (primary N) is 1. The second-order valence-corrected chi connectivity index (χ2v) is 3.55. The van der Waals surface area contributed by atoms with Crippen LogP contribution >= 0.6 is 12.4 Å². The van der Waals surface area contributed by atoms with Crippen LogP contribution in [-0.2, 0) is 9.53 Å². The quantitative estimate of drug-likeness (QED) is 0.702. The summed E-state index contributed by atoms with van der Waals surface area (Å²) in [5, 5.41) is 0. The topological polar surface area (TPSA) is 52.3 Å². The van der Waals surface area contributed by atoms with E-state index < -0.39 is 0 Å². The molecule has 1 atom stereocenters. The molecule has 1 unspecified atom stereocenters. The van der Waals surface area contributed by atoms with Gasteiger partial charge in [-0.2, -0.15) is 0 Å². The highest BCUT2D eigenvalue weighted by molar-refractivity contribution is 5.85. The van der Waals surface area contributed by atoms with Gasteiger partial charge in [0.05, 0.1) is 12.0 Å². The number of hydrogen-bond acceptors (Lipinski definition) is 3. The third-order valence-corrected chi connectivity index (χ3v) is 1.84. The van der Waals surface area contributed by atoms with Crippen molar-refractivity contribution in [1.82, 2.24) is 0 Å². The molecule has 14 heavy (non-hydrogen) atoms. The first kappa shape index (κ1) is 16.2. The molecule has 0 aliphatic heterocycles. The molecule has 0 amide bonds. The van der Waals surface area contributed by atoms with Crippen molar-refractivity contribution >= 4 is 18.4 Å². The average molecular weight is 224 g/mol. The predicted molar refractivity (Wildman–Crippen MR) is 60.5 cm³/mol. The normalized spacial score (nSPS) is 12.1. The van der Waals surface area contributed by atoms with E-state index in [9.17, 15) is 4.79 Å². The van der Waals surface area contributed by atoms with Crippen LogP contribution in [0.2, 0.25) is 0 Å². The van der Waals surface area contributed by atoms with Crippen LogP contribution in [0.5, 0.6) is 0 Å². The van der Waals surface area contributed by atoms with Gasteiger partial charge in [-0.15, -0.1) is 12.4 Å². The summed E-state index contributed by atoms with van der Waals surface area (Å²) in [6.07, 6.45) is 2.59. The van der Waals surface area contributed by atoms with Gasteiger partial charge in [-0.1, -0.05) is 13.3 Å². The lowest BCUT2D eigenvalue weighted by Gasteiger charge is -2.16. The molecular weight excluding hydrogens is 202 g/mol. The number of rotatable bonds is 6. The summed E-state index contributed by atoms with van der Waals surface area (Å²) >= 11 is 0. The van der Waals surface area contributed by atoms with Crippen molar-refractivity contribution in [1.29, 1.82) is 0 Å². The van der Waals surface area contributed by atoms with Crippen LogP contribution in [0.25, 0.3) is 0 Å². The van der Waals surface area contributed by atoms with Gasteiger partial charge >= 0.3 is 5.97 Å². The van der Waals surface area contributed by atoms with Crippen molar-refractivity contribution in [3.05, 3.63) is 0 Å². The summed E-state index contributed by atoms with van der Waals surface area (Å²) < 4.78 is 5.12. The highest BCUT2D eigenvalue weighted by Crippen LogP contribution is 2.13. The number of carbonyl (C=O) groups is 1. The molecule has 2 N–H and O–H groups in total. The van der Waals surface area contributed by atoms with Crippen LogP contribution in [0.3, 0.4) is 0 Å². The molecule has 0 radical (unpaired) electrons. The SMILES string of the molecule is CCCC(CCN)C(=O)OC(C)C.Cl. The molecule has 0 heterocycles. The van der Waals surface area contributed by atoms with Crippen LogP contribution < -0.4 is 5.73 Å². The van der Waals surface area contributed by atoms with Gasteiger partial charge in [-0.3, -0.25) is 4.79 Å². The van der Waals surface area contributed by atoms with E-state index in [2.05, 4.69) is 6.92 Å². The fourth-order valence-corrected chi connectivity index (χ4v) is 1.26. The van der Waals surface area contributed by atoms with Crippen molar-refractivity contribution in [3.8, 4) is 0 Å². The Hall–Kier alpha value is -0.280. The molecule has 86 valence electrons. The number of ether oxygens (including phenoxy) is 1. The van der Waals surface area contributed by atoms with E-state index in [1.54, 1.807) is 0 Å². The van der Waals surface area contributed by atoms with Gasteiger partial charge in [0.2, 0.25) is 0 Å². The molecule has 0 aromatic heterocycles. The van der Waals surface area contributed by atoms with Gasteiger partial charge in [0, 0.05) is 0 Å². The summed E-state index contributed by atoms with van der Waals surface area (Å²) in [7, 11) is 0. The molecule has 0 aliphatic rings. The summed E-state index contributed by atoms with van der Waals surface area (Å²) in [5.41, 5.74) is 5.42. The molecular formula is C10H22ClNO2. The zero-order valence-electron chi connectivity index (χ0n) is 9.29. The van der Waals surface area contributed by atoms with Crippen LogP contribution in [0.1, 0.15) is 40.0 Å². The Morgan fingerprint density at radius 2 is 1.93 bits per heavy atom. The number of carbonyl (C=O) groups excluding carboxylic acids is 1. The van der Waals surface area contributed by atoms with E-state index in [0.717, 1.165) is 19.3 Å². The van der Waals surface area contributed by atoms with Crippen LogP contribution in [0.4, 0.5) is 0 Å². The Bertz CT molecular complexity index is 145. The summed E-state index contributed by atoms with van der Waals surface area (Å²) in [4.78, 5) is 11.5. The molecule has 0 rings (SSSR count). The minimum Gasteiger partial charge on any atom is -0.463 e. The molecule has 0 bridgehead atoms. The van der Waals surface area contributed by atoms with E-state index in [1.807, 2.05) is 13.8 Å². The van der Waals surface area contributed by atoms with Crippen LogP contribution in [0, 0.1) is 5.92 Å². The smallest absolute Gasteiger partial charge is 0.309 e. The second kappa shape index (κ2) is 9.28. The Morgan fingerprint density at radius 3 is 2.29 bits per heavy atom. The maximum atomic E-state index is 11.5. The van der Waals surface area contributed by atoms with Crippen LogP contribution in [0.15, 0.2) is 0 Å². The Kier molecular flexibility index (Phi) is 10.7. The monoisotopic (exact) mass is 223 g/mol. The molecule has 0 aromatic rings. The molecule has 0 aromatic carbocycles. The van der Waals surface area contributed by atoms with Gasteiger partial charge in [-0.25, -0.2) is 0 Å². The molecule has 4 heteroatoms. The van der Waals surface area contributed by atoms with Gasteiger partial charge < -0.3 is 10.5 Å². The molecule has 0 saturated heterocycles. The predicted octanol–water partition coefficient (Wildman–Crippen LogP) is 2.12. The minimum atomic E-state index is -0.0951. The maximum absolute atomic E-state index is 11.5. The molecule has 0 aliphatic carbocycles. The minimum absolute atomic E-state index is 0. The average Bonchev–Trinajstić information content (AvgIpc) is 2.02. The lowest BCUT2D eigenvalue weighted by molar-refractivity contribution is -0.152. The first-order valence-corrected chi connectivity index (χ1v) is 5.02. The number of halogens is 1. The summed E-state index contributed by atoms with van der Waals surface area (Å²) in [5.74, 6) is -0.0975.